The molecule has 1 saturated heterocycles. The first kappa shape index (κ1) is 13.9. The van der Waals surface area contributed by atoms with Crippen LogP contribution < -0.4 is 0 Å². The maximum Gasteiger partial charge on any atom is 0.159 e. The van der Waals surface area contributed by atoms with Gasteiger partial charge in [0.15, 0.2) is 11.6 Å². The van der Waals surface area contributed by atoms with E-state index in [1.165, 1.54) is 37.8 Å². The van der Waals surface area contributed by atoms with Gasteiger partial charge in [0, 0.05) is 17.9 Å². The summed E-state index contributed by atoms with van der Waals surface area (Å²) in [5, 5.41) is 1.03. The highest BCUT2D eigenvalue weighted by molar-refractivity contribution is 9.09. The van der Waals surface area contributed by atoms with E-state index in [-0.39, 0.29) is 0 Å². The minimum absolute atomic E-state index is 0.593. The number of rotatable bonds is 5. The van der Waals surface area contributed by atoms with Crippen molar-refractivity contribution in [2.75, 3.05) is 11.9 Å². The highest BCUT2D eigenvalue weighted by Gasteiger charge is 2.23. The van der Waals surface area contributed by atoms with E-state index in [0.717, 1.165) is 24.0 Å². The Balaban J connectivity index is 1.96. The Morgan fingerprint density at radius 3 is 2.83 bits per heavy atom. The summed E-state index contributed by atoms with van der Waals surface area (Å²) in [6.07, 6.45) is 4.77. The number of hydrogen-bond acceptors (Lipinski definition) is 1. The molecule has 1 aliphatic heterocycles. The normalized spacial score (nSPS) is 20.5. The van der Waals surface area contributed by atoms with Gasteiger partial charge >= 0.3 is 0 Å². The molecule has 0 aliphatic carbocycles. The fourth-order valence-corrected chi connectivity index (χ4v) is 2.94. The molecule has 0 N–H and O–H groups in total. The number of nitrogens with zero attached hydrogens (tertiary/aromatic N) is 1. The minimum Gasteiger partial charge on any atom is -0.296 e. The van der Waals surface area contributed by atoms with Gasteiger partial charge in [-0.25, -0.2) is 8.78 Å². The molecule has 0 saturated carbocycles. The Hall–Kier alpha value is -0.480. The Kier molecular flexibility index (Phi) is 5.13. The van der Waals surface area contributed by atoms with Gasteiger partial charge in [0.1, 0.15) is 0 Å². The van der Waals surface area contributed by atoms with Crippen LogP contribution in [0, 0.1) is 11.6 Å². The molecule has 0 amide bonds. The minimum atomic E-state index is -0.768. The topological polar surface area (TPSA) is 3.24 Å². The van der Waals surface area contributed by atoms with E-state index >= 15 is 0 Å². The molecular formula is C14H18BrF2N. The molecule has 0 radical (unpaired) electrons. The molecule has 1 aromatic carbocycles. The van der Waals surface area contributed by atoms with E-state index in [1.54, 1.807) is 6.07 Å². The largest absolute Gasteiger partial charge is 0.296 e. The molecule has 0 spiro atoms. The first-order valence-electron chi connectivity index (χ1n) is 6.44. The van der Waals surface area contributed by atoms with E-state index in [4.69, 9.17) is 0 Å². The molecule has 1 aromatic rings. The highest BCUT2D eigenvalue weighted by Crippen LogP contribution is 2.24. The number of halogens is 3. The number of hydrogen-bond donors (Lipinski definition) is 0. The maximum atomic E-state index is 13.2. The molecule has 4 heteroatoms. The van der Waals surface area contributed by atoms with Crippen LogP contribution >= 0.6 is 15.9 Å². The summed E-state index contributed by atoms with van der Waals surface area (Å²) in [5.74, 6) is -1.51. The predicted molar refractivity (Wildman–Crippen MR) is 72.8 cm³/mol. The van der Waals surface area contributed by atoms with Crippen LogP contribution in [0.5, 0.6) is 0 Å². The van der Waals surface area contributed by atoms with Gasteiger partial charge in [0.2, 0.25) is 0 Å². The quantitative estimate of drug-likeness (QED) is 0.739. The summed E-state index contributed by atoms with van der Waals surface area (Å²) in [5.41, 5.74) is 0.861. The molecule has 2 rings (SSSR count). The third-order valence-electron chi connectivity index (χ3n) is 3.54. The molecule has 1 nitrogen and oxygen atoms in total. The molecule has 1 fully saturated rings. The standard InChI is InChI=1S/C14H18BrF2N/c15-7-1-3-12-4-2-8-18(12)10-11-5-6-13(16)14(17)9-11/h5-6,9,12H,1-4,7-8,10H2. The summed E-state index contributed by atoms with van der Waals surface area (Å²) < 4.78 is 26.0. The number of benzene rings is 1. The number of alkyl halides is 1. The van der Waals surface area contributed by atoms with Gasteiger partial charge in [-0.1, -0.05) is 22.0 Å². The average Bonchev–Trinajstić information content (AvgIpc) is 2.79. The van der Waals surface area contributed by atoms with Gasteiger partial charge in [-0.2, -0.15) is 0 Å². The lowest BCUT2D eigenvalue weighted by atomic mass is 10.1. The van der Waals surface area contributed by atoms with Crippen molar-refractivity contribution in [1.29, 1.82) is 0 Å². The fourth-order valence-electron chi connectivity index (χ4n) is 2.62. The van der Waals surface area contributed by atoms with Gasteiger partial charge in [-0.05, 0) is 49.9 Å². The van der Waals surface area contributed by atoms with E-state index in [1.807, 2.05) is 0 Å². The van der Waals surface area contributed by atoms with Crippen molar-refractivity contribution in [3.8, 4) is 0 Å². The van der Waals surface area contributed by atoms with Gasteiger partial charge in [-0.3, -0.25) is 4.90 Å². The zero-order valence-corrected chi connectivity index (χ0v) is 11.9. The predicted octanol–water partition coefficient (Wildman–Crippen LogP) is 4.10. The molecular weight excluding hydrogens is 300 g/mol. The molecule has 0 bridgehead atoms. The van der Waals surface area contributed by atoms with Crippen molar-refractivity contribution in [3.63, 3.8) is 0 Å². The second-order valence-electron chi connectivity index (χ2n) is 4.85. The van der Waals surface area contributed by atoms with Crippen LogP contribution in [0.15, 0.2) is 18.2 Å². The maximum absolute atomic E-state index is 13.2. The van der Waals surface area contributed by atoms with Crippen molar-refractivity contribution in [1.82, 2.24) is 4.90 Å². The monoisotopic (exact) mass is 317 g/mol. The van der Waals surface area contributed by atoms with Crippen LogP contribution in [-0.2, 0) is 6.54 Å². The SMILES string of the molecule is Fc1ccc(CN2CCCC2CCCBr)cc1F. The highest BCUT2D eigenvalue weighted by atomic mass is 79.9. The van der Waals surface area contributed by atoms with Crippen molar-refractivity contribution in [3.05, 3.63) is 35.4 Å². The first-order chi connectivity index (χ1) is 8.70. The van der Waals surface area contributed by atoms with Gasteiger partial charge in [0.25, 0.3) is 0 Å². The third kappa shape index (κ3) is 3.51. The third-order valence-corrected chi connectivity index (χ3v) is 4.10. The average molecular weight is 318 g/mol. The molecule has 1 atom stereocenters. The zero-order chi connectivity index (χ0) is 13.0. The fraction of sp³-hybridized carbons (Fsp3) is 0.571. The van der Waals surface area contributed by atoms with E-state index < -0.39 is 11.6 Å². The van der Waals surface area contributed by atoms with Crippen LogP contribution in [0.25, 0.3) is 0 Å². The van der Waals surface area contributed by atoms with E-state index in [0.29, 0.717) is 6.04 Å². The van der Waals surface area contributed by atoms with Crippen molar-refractivity contribution < 1.29 is 8.78 Å². The summed E-state index contributed by atoms with van der Waals surface area (Å²) >= 11 is 3.45. The van der Waals surface area contributed by atoms with Crippen LogP contribution in [0.1, 0.15) is 31.2 Å². The summed E-state index contributed by atoms with van der Waals surface area (Å²) in [6.45, 7) is 1.79. The Morgan fingerprint density at radius 2 is 2.11 bits per heavy atom. The second kappa shape index (κ2) is 6.62. The lowest BCUT2D eigenvalue weighted by molar-refractivity contribution is 0.233. The molecule has 1 aliphatic rings. The molecule has 100 valence electrons. The van der Waals surface area contributed by atoms with Crippen molar-refractivity contribution in [2.24, 2.45) is 0 Å². The van der Waals surface area contributed by atoms with E-state index in [2.05, 4.69) is 20.8 Å². The van der Waals surface area contributed by atoms with Crippen molar-refractivity contribution in [2.45, 2.75) is 38.3 Å². The Bertz CT molecular complexity index is 397. The molecule has 0 aromatic heterocycles. The van der Waals surface area contributed by atoms with Crippen LogP contribution in [0.4, 0.5) is 8.78 Å². The smallest absolute Gasteiger partial charge is 0.159 e. The van der Waals surface area contributed by atoms with Crippen molar-refractivity contribution >= 4 is 15.9 Å². The Labute approximate surface area is 115 Å². The second-order valence-corrected chi connectivity index (χ2v) is 5.64. The van der Waals surface area contributed by atoms with Gasteiger partial charge in [-0.15, -0.1) is 0 Å². The van der Waals surface area contributed by atoms with Crippen LogP contribution in [-0.4, -0.2) is 22.8 Å². The number of likely N-dealkylation sites (tertiary alicyclic amines) is 1. The zero-order valence-electron chi connectivity index (χ0n) is 10.3. The van der Waals surface area contributed by atoms with Gasteiger partial charge in [0.05, 0.1) is 0 Å². The lowest BCUT2D eigenvalue weighted by Crippen LogP contribution is -2.29. The first-order valence-corrected chi connectivity index (χ1v) is 7.57. The summed E-state index contributed by atoms with van der Waals surface area (Å²) in [7, 11) is 0. The lowest BCUT2D eigenvalue weighted by Gasteiger charge is -2.24. The summed E-state index contributed by atoms with van der Waals surface area (Å²) in [6, 6.07) is 4.80. The van der Waals surface area contributed by atoms with Crippen LogP contribution in [0.2, 0.25) is 0 Å². The van der Waals surface area contributed by atoms with Gasteiger partial charge < -0.3 is 0 Å². The van der Waals surface area contributed by atoms with E-state index in [9.17, 15) is 8.78 Å². The molecule has 1 unspecified atom stereocenters. The summed E-state index contributed by atoms with van der Waals surface area (Å²) in [4.78, 5) is 2.38. The molecule has 18 heavy (non-hydrogen) atoms. The van der Waals surface area contributed by atoms with Crippen LogP contribution in [0.3, 0.4) is 0 Å². The molecule has 1 heterocycles. The Morgan fingerprint density at radius 1 is 1.28 bits per heavy atom.